The third-order valence-electron chi connectivity index (χ3n) is 5.15. The lowest BCUT2D eigenvalue weighted by Crippen LogP contribution is -2.36. The standard InChI is InChI=1S/C18H21ClFN3O2/c1-18(2,3)25-17(24)23-7-11-12(8-23)13(11)10-6-22(4)15-9(10)5-21-16(19)14(15)20/h5-6,11-13H,7-8H2,1-4H3/t11-,12+,13?. The first kappa shape index (κ1) is 16.6. The van der Waals surface area contributed by atoms with Crippen LogP contribution in [0.15, 0.2) is 12.4 Å². The van der Waals surface area contributed by atoms with Gasteiger partial charge in [0.05, 0.1) is 5.52 Å². The predicted molar refractivity (Wildman–Crippen MR) is 93.2 cm³/mol. The van der Waals surface area contributed by atoms with Gasteiger partial charge < -0.3 is 14.2 Å². The van der Waals surface area contributed by atoms with Gasteiger partial charge in [-0.25, -0.2) is 14.2 Å². The van der Waals surface area contributed by atoms with Gasteiger partial charge in [0, 0.05) is 37.9 Å². The van der Waals surface area contributed by atoms with Crippen LogP contribution in [0.5, 0.6) is 0 Å². The van der Waals surface area contributed by atoms with E-state index in [0.717, 1.165) is 10.9 Å². The summed E-state index contributed by atoms with van der Waals surface area (Å²) in [7, 11) is 1.82. The van der Waals surface area contributed by atoms with Crippen molar-refractivity contribution in [3.63, 3.8) is 0 Å². The molecule has 134 valence electrons. The molecule has 7 heteroatoms. The van der Waals surface area contributed by atoms with E-state index in [-0.39, 0.29) is 11.2 Å². The van der Waals surface area contributed by atoms with Crippen LogP contribution in [0.4, 0.5) is 9.18 Å². The van der Waals surface area contributed by atoms with Crippen molar-refractivity contribution in [2.75, 3.05) is 13.1 Å². The predicted octanol–water partition coefficient (Wildman–Crippen LogP) is 3.95. The molecule has 3 atom stereocenters. The summed E-state index contributed by atoms with van der Waals surface area (Å²) in [5.41, 5.74) is 1.10. The number of aryl methyl sites for hydroxylation is 1. The number of aromatic nitrogens is 2. The lowest BCUT2D eigenvalue weighted by atomic mass is 10.1. The molecular weight excluding hydrogens is 345 g/mol. The molecule has 2 aromatic rings. The van der Waals surface area contributed by atoms with Gasteiger partial charge >= 0.3 is 6.09 Å². The molecule has 0 aromatic carbocycles. The maximum atomic E-state index is 14.3. The third-order valence-corrected chi connectivity index (χ3v) is 5.42. The summed E-state index contributed by atoms with van der Waals surface area (Å²) >= 11 is 5.81. The summed E-state index contributed by atoms with van der Waals surface area (Å²) in [5.74, 6) is 0.660. The van der Waals surface area contributed by atoms with Gasteiger partial charge in [-0.3, -0.25) is 0 Å². The molecule has 1 saturated heterocycles. The van der Waals surface area contributed by atoms with Crippen LogP contribution < -0.4 is 0 Å². The summed E-state index contributed by atoms with van der Waals surface area (Å²) < 4.78 is 21.5. The molecule has 0 radical (unpaired) electrons. The Bertz CT molecular complexity index is 861. The number of carbonyl (C=O) groups is 1. The van der Waals surface area contributed by atoms with E-state index in [1.807, 2.05) is 34.0 Å². The van der Waals surface area contributed by atoms with E-state index in [2.05, 4.69) is 4.98 Å². The van der Waals surface area contributed by atoms with Gasteiger partial charge in [0.25, 0.3) is 0 Å². The summed E-state index contributed by atoms with van der Waals surface area (Å²) in [6, 6.07) is 0. The number of fused-ring (bicyclic) bond motifs is 2. The van der Waals surface area contributed by atoms with E-state index in [4.69, 9.17) is 16.3 Å². The summed E-state index contributed by atoms with van der Waals surface area (Å²) in [4.78, 5) is 17.9. The highest BCUT2D eigenvalue weighted by molar-refractivity contribution is 6.30. The normalized spacial score (nSPS) is 25.4. The van der Waals surface area contributed by atoms with Crippen LogP contribution in [0.2, 0.25) is 5.15 Å². The lowest BCUT2D eigenvalue weighted by molar-refractivity contribution is 0.0271. The van der Waals surface area contributed by atoms with E-state index in [1.165, 1.54) is 0 Å². The summed E-state index contributed by atoms with van der Waals surface area (Å²) in [5, 5.41) is 0.708. The second kappa shape index (κ2) is 5.34. The molecule has 5 nitrogen and oxygen atoms in total. The van der Waals surface area contributed by atoms with Gasteiger partial charge in [0.2, 0.25) is 0 Å². The van der Waals surface area contributed by atoms with Crippen LogP contribution in [0.25, 0.3) is 10.9 Å². The molecule has 1 aliphatic heterocycles. The van der Waals surface area contributed by atoms with E-state index in [0.29, 0.717) is 36.4 Å². The second-order valence-corrected chi connectivity index (χ2v) is 8.42. The highest BCUT2D eigenvalue weighted by Crippen LogP contribution is 2.59. The number of piperidine rings is 1. The quantitative estimate of drug-likeness (QED) is 0.719. The zero-order valence-electron chi connectivity index (χ0n) is 14.7. The van der Waals surface area contributed by atoms with Crippen LogP contribution in [-0.2, 0) is 11.8 Å². The first-order valence-electron chi connectivity index (χ1n) is 8.44. The number of ether oxygens (including phenoxy) is 1. The Labute approximate surface area is 150 Å². The van der Waals surface area contributed by atoms with Crippen molar-refractivity contribution in [1.82, 2.24) is 14.5 Å². The lowest BCUT2D eigenvalue weighted by Gasteiger charge is -2.25. The number of carbonyl (C=O) groups excluding carboxylic acids is 1. The zero-order chi connectivity index (χ0) is 18.1. The molecule has 0 N–H and O–H groups in total. The van der Waals surface area contributed by atoms with Crippen LogP contribution in [-0.4, -0.2) is 39.2 Å². The molecule has 2 fully saturated rings. The molecule has 1 saturated carbocycles. The number of halogens is 2. The second-order valence-electron chi connectivity index (χ2n) is 8.06. The third kappa shape index (κ3) is 2.67. The maximum Gasteiger partial charge on any atom is 0.410 e. The summed E-state index contributed by atoms with van der Waals surface area (Å²) in [6.07, 6.45) is 3.36. The van der Waals surface area contributed by atoms with Crippen molar-refractivity contribution >= 4 is 28.6 Å². The fourth-order valence-corrected chi connectivity index (χ4v) is 4.22. The van der Waals surface area contributed by atoms with Crippen molar-refractivity contribution in [1.29, 1.82) is 0 Å². The van der Waals surface area contributed by atoms with Crippen molar-refractivity contribution in [2.24, 2.45) is 18.9 Å². The van der Waals surface area contributed by atoms with E-state index < -0.39 is 11.4 Å². The first-order chi connectivity index (χ1) is 11.7. The largest absolute Gasteiger partial charge is 0.444 e. The molecule has 2 aromatic heterocycles. The van der Waals surface area contributed by atoms with Crippen LogP contribution in [0.3, 0.4) is 0 Å². The molecule has 0 bridgehead atoms. The van der Waals surface area contributed by atoms with E-state index in [1.54, 1.807) is 15.7 Å². The molecule has 1 unspecified atom stereocenters. The number of pyridine rings is 1. The Morgan fingerprint density at radius 3 is 2.60 bits per heavy atom. The molecule has 3 heterocycles. The molecule has 0 spiro atoms. The minimum atomic E-state index is -0.485. The maximum absolute atomic E-state index is 14.3. The average molecular weight is 366 g/mol. The molecule has 25 heavy (non-hydrogen) atoms. The Morgan fingerprint density at radius 1 is 1.36 bits per heavy atom. The monoisotopic (exact) mass is 365 g/mol. The number of amides is 1. The van der Waals surface area contributed by atoms with Gasteiger partial charge in [-0.15, -0.1) is 0 Å². The first-order valence-corrected chi connectivity index (χ1v) is 8.82. The van der Waals surface area contributed by atoms with Crippen LogP contribution >= 0.6 is 11.6 Å². The Morgan fingerprint density at radius 2 is 2.00 bits per heavy atom. The Hall–Kier alpha value is -1.82. The van der Waals surface area contributed by atoms with Gasteiger partial charge in [-0.2, -0.15) is 0 Å². The smallest absolute Gasteiger partial charge is 0.410 e. The fraction of sp³-hybridized carbons (Fsp3) is 0.556. The Kier molecular flexibility index (Phi) is 3.55. The van der Waals surface area contributed by atoms with Gasteiger partial charge in [0.1, 0.15) is 5.60 Å². The van der Waals surface area contributed by atoms with Crippen LogP contribution in [0.1, 0.15) is 32.3 Å². The fourth-order valence-electron chi connectivity index (χ4n) is 4.08. The molecular formula is C18H21ClFN3O2. The highest BCUT2D eigenvalue weighted by atomic mass is 35.5. The molecule has 1 amide bonds. The van der Waals surface area contributed by atoms with Crippen molar-refractivity contribution in [3.8, 4) is 0 Å². The molecule has 4 rings (SSSR count). The number of hydrogen-bond donors (Lipinski definition) is 0. The number of hydrogen-bond acceptors (Lipinski definition) is 3. The topological polar surface area (TPSA) is 47.4 Å². The highest BCUT2D eigenvalue weighted by Gasteiger charge is 2.58. The van der Waals surface area contributed by atoms with Gasteiger partial charge in [-0.05, 0) is 44.1 Å². The SMILES string of the molecule is Cn1cc(C2[C@H]3CN(C(=O)OC(C)(C)C)C[C@@H]23)c2cnc(Cl)c(F)c21. The molecule has 1 aliphatic carbocycles. The van der Waals surface area contributed by atoms with E-state index in [9.17, 15) is 9.18 Å². The van der Waals surface area contributed by atoms with Crippen molar-refractivity contribution in [3.05, 3.63) is 28.9 Å². The number of nitrogens with zero attached hydrogens (tertiary/aromatic N) is 3. The zero-order valence-corrected chi connectivity index (χ0v) is 15.5. The number of rotatable bonds is 1. The summed E-state index contributed by atoms with van der Waals surface area (Å²) in [6.45, 7) is 6.97. The minimum Gasteiger partial charge on any atom is -0.444 e. The number of likely N-dealkylation sites (tertiary alicyclic amines) is 1. The van der Waals surface area contributed by atoms with Gasteiger partial charge in [0.15, 0.2) is 11.0 Å². The Balaban J connectivity index is 1.54. The molecule has 2 aliphatic rings. The van der Waals surface area contributed by atoms with E-state index >= 15 is 0 Å². The van der Waals surface area contributed by atoms with Crippen molar-refractivity contribution < 1.29 is 13.9 Å². The average Bonchev–Trinajstić information content (AvgIpc) is 2.86. The minimum absolute atomic E-state index is 0.104. The van der Waals surface area contributed by atoms with Gasteiger partial charge in [-0.1, -0.05) is 11.6 Å². The van der Waals surface area contributed by atoms with Crippen molar-refractivity contribution in [2.45, 2.75) is 32.3 Å². The van der Waals surface area contributed by atoms with Crippen LogP contribution in [0, 0.1) is 17.7 Å².